The lowest BCUT2D eigenvalue weighted by molar-refractivity contribution is -0.137. The Hall–Kier alpha value is -9.13. The van der Waals surface area contributed by atoms with Gasteiger partial charge in [0, 0.05) is 26.1 Å². The second kappa shape index (κ2) is 38.5. The molecule has 11 aromatic rings. The van der Waals surface area contributed by atoms with E-state index in [9.17, 15) is 55.8 Å². The average Bonchev–Trinajstić information content (AvgIpc) is 1.34. The zero-order valence-corrected chi connectivity index (χ0v) is 58.5. The van der Waals surface area contributed by atoms with Crippen molar-refractivity contribution in [1.82, 2.24) is 10.2 Å². The molecule has 1 amide bonds. The highest BCUT2D eigenvalue weighted by atomic mass is 79.9. The minimum Gasteiger partial charge on any atom is -0.486 e. The number of fused-ring (bicyclic) bond motifs is 1. The number of hydrogen-bond acceptors (Lipinski definition) is 18. The molecule has 0 radical (unpaired) electrons. The molecule has 27 heteroatoms. The highest BCUT2D eigenvalue weighted by Crippen LogP contribution is 2.35. The van der Waals surface area contributed by atoms with Crippen LogP contribution >= 0.6 is 72.6 Å². The molecule has 6 aromatic carbocycles. The summed E-state index contributed by atoms with van der Waals surface area (Å²) < 4.78 is 80.5. The van der Waals surface area contributed by atoms with Gasteiger partial charge in [-0.25, -0.2) is 31.5 Å². The van der Waals surface area contributed by atoms with Crippen LogP contribution in [0.3, 0.4) is 0 Å². The van der Waals surface area contributed by atoms with Crippen LogP contribution in [0.5, 0.6) is 11.5 Å². The van der Waals surface area contributed by atoms with E-state index in [1.807, 2.05) is 35.0 Å². The maximum absolute atomic E-state index is 13.2. The predicted octanol–water partition coefficient (Wildman–Crippen LogP) is 15.5. The van der Waals surface area contributed by atoms with Gasteiger partial charge in [-0.1, -0.05) is 78.9 Å². The van der Waals surface area contributed by atoms with Crippen molar-refractivity contribution in [1.29, 1.82) is 0 Å². The number of aliphatic carboxylic acids is 1. The number of halogens is 6. The number of carboxylic acid groups (broad SMARTS) is 1. The van der Waals surface area contributed by atoms with Gasteiger partial charge < -0.3 is 44.7 Å². The van der Waals surface area contributed by atoms with E-state index in [2.05, 4.69) is 30.9 Å². The Balaban J connectivity index is 0.000000168. The van der Waals surface area contributed by atoms with Crippen molar-refractivity contribution in [2.75, 3.05) is 39.5 Å². The Morgan fingerprint density at radius 3 is 1.38 bits per heavy atom. The number of Topliss-reactive ketones (excluding diaryl/α,β-unsaturated/α-hetero) is 3. The molecular weight excluding hydrogens is 1460 g/mol. The van der Waals surface area contributed by atoms with E-state index in [1.165, 1.54) is 110 Å². The fraction of sp³-hybridized carbons (Fsp3) is 0.151. The Morgan fingerprint density at radius 1 is 0.540 bits per heavy atom. The average molecular weight is 1520 g/mol. The van der Waals surface area contributed by atoms with Gasteiger partial charge >= 0.3 is 19.1 Å². The molecule has 2 aliphatic heterocycles. The quantitative estimate of drug-likeness (QED) is 0.0188. The lowest BCUT2D eigenvalue weighted by Gasteiger charge is -2.29. The molecule has 13 rings (SSSR count). The number of ether oxygens (including phenoxy) is 3. The fourth-order valence-electron chi connectivity index (χ4n) is 9.33. The van der Waals surface area contributed by atoms with Crippen LogP contribution in [0.1, 0.15) is 60.4 Å². The van der Waals surface area contributed by atoms with Crippen LogP contribution in [-0.4, -0.2) is 113 Å². The smallest absolute Gasteiger partial charge is 0.486 e. The number of carboxylic acids is 1. The van der Waals surface area contributed by atoms with E-state index in [0.29, 0.717) is 47.2 Å². The van der Waals surface area contributed by atoms with Crippen molar-refractivity contribution in [2.45, 2.75) is 31.9 Å². The van der Waals surface area contributed by atoms with Crippen molar-refractivity contribution in [3.63, 3.8) is 0 Å². The number of aliphatic hydroxyl groups excluding tert-OH is 1. The first kappa shape index (κ1) is 76.6. The molecule has 1 fully saturated rings. The minimum atomic E-state index is -1.51. The molecule has 0 aliphatic carbocycles. The van der Waals surface area contributed by atoms with Gasteiger partial charge in [0.15, 0.2) is 11.5 Å². The second-order valence-electron chi connectivity index (χ2n) is 21.3. The lowest BCUT2D eigenvalue weighted by Crippen LogP contribution is -2.48. The van der Waals surface area contributed by atoms with Crippen molar-refractivity contribution >= 4 is 120 Å². The second-order valence-corrected chi connectivity index (χ2v) is 27.8. The molecule has 100 heavy (non-hydrogen) atoms. The molecule has 2 atom stereocenters. The topological polar surface area (TPSA) is 226 Å². The number of benzene rings is 6. The molecule has 2 aliphatic rings. The summed E-state index contributed by atoms with van der Waals surface area (Å²) in [5.41, 5.74) is 4.26. The molecule has 0 bridgehead atoms. The molecule has 5 aromatic heterocycles. The van der Waals surface area contributed by atoms with Gasteiger partial charge in [0.05, 0.1) is 31.1 Å². The molecule has 15 nitrogen and oxygen atoms in total. The maximum atomic E-state index is 13.2. The Bertz CT molecular complexity index is 4440. The number of esters is 1. The number of likely N-dealkylation sites (tertiary alicyclic amines) is 1. The Morgan fingerprint density at radius 2 is 0.970 bits per heavy atom. The summed E-state index contributed by atoms with van der Waals surface area (Å²) in [6.45, 7) is 4.87. The number of aliphatic hydroxyl groups is 1. The molecule has 0 saturated carbocycles. The molecule has 0 unspecified atom stereocenters. The summed E-state index contributed by atoms with van der Waals surface area (Å²) in [6, 6.07) is 51.5. The number of nitrogens with one attached hydrogen (secondary N) is 1. The zero-order chi connectivity index (χ0) is 71.7. The Kier molecular flexibility index (Phi) is 29.5. The monoisotopic (exact) mass is 1520 g/mol. The van der Waals surface area contributed by atoms with Gasteiger partial charge in [0.1, 0.15) is 48.4 Å². The summed E-state index contributed by atoms with van der Waals surface area (Å²) in [5, 5.41) is 43.7. The summed E-state index contributed by atoms with van der Waals surface area (Å²) in [4.78, 5) is 77.1. The summed E-state index contributed by atoms with van der Waals surface area (Å²) >= 11 is 10.1. The minimum absolute atomic E-state index is 0.164. The van der Waals surface area contributed by atoms with E-state index < -0.39 is 54.5 Å². The summed E-state index contributed by atoms with van der Waals surface area (Å²) in [7, 11) is -1.51. The maximum Gasteiger partial charge on any atom is 0.488 e. The normalized spacial score (nSPS) is 12.5. The molecular formula is C73H61BBrF5N2O13S5. The number of carbonyl (C=O) groups excluding carboxylic acids is 5. The fourth-order valence-corrected chi connectivity index (χ4v) is 13.8. The number of amides is 1. The summed E-state index contributed by atoms with van der Waals surface area (Å²) in [5.74, 6) is -5.76. The van der Waals surface area contributed by atoms with Gasteiger partial charge in [0.2, 0.25) is 0 Å². The number of ketones is 3. The van der Waals surface area contributed by atoms with Crippen LogP contribution in [0, 0.1) is 29.1 Å². The third-order valence-corrected chi connectivity index (χ3v) is 20.1. The van der Waals surface area contributed by atoms with Gasteiger partial charge in [-0.05, 0) is 214 Å². The first-order valence-electron chi connectivity index (χ1n) is 30.4. The van der Waals surface area contributed by atoms with Gasteiger partial charge in [-0.3, -0.25) is 19.2 Å². The van der Waals surface area contributed by atoms with E-state index in [-0.39, 0.29) is 45.4 Å². The Labute approximate surface area is 600 Å². The van der Waals surface area contributed by atoms with Gasteiger partial charge in [-0.2, -0.15) is 0 Å². The van der Waals surface area contributed by atoms with E-state index in [0.717, 1.165) is 74.2 Å². The van der Waals surface area contributed by atoms with Gasteiger partial charge in [-0.15, -0.1) is 56.7 Å². The molecule has 0 spiro atoms. The van der Waals surface area contributed by atoms with Crippen LogP contribution in [0.25, 0.3) is 41.8 Å². The van der Waals surface area contributed by atoms with Crippen molar-refractivity contribution < 1.29 is 85.2 Å². The van der Waals surface area contributed by atoms with Crippen molar-refractivity contribution in [3.05, 3.63) is 264 Å². The number of thiophene rings is 5. The van der Waals surface area contributed by atoms with Crippen LogP contribution in [-0.2, 0) is 19.1 Å². The number of carbonyl (C=O) groups is 6. The number of rotatable bonds is 17. The van der Waals surface area contributed by atoms with Gasteiger partial charge in [0.25, 0.3) is 23.3 Å². The summed E-state index contributed by atoms with van der Waals surface area (Å²) in [6.07, 6.45) is 1.07. The number of hydrogen-bond donors (Lipinski definition) is 5. The standard InChI is InChI=1S/C27H27FN2O5S.C14H11FO3S.C12H7FO3S.C10H7FS.C6H6BFO2.C4H3BrS/c28-19-6-3-17(4-7-19)23-9-10-24(36-23)26(32)27(33)29-20(16-30-11-1-2-12-30)25(31)18-5-8-21-22(15-18)35-14-13-34-21;1-2-18-14(17)13(16)12-8-7-11(19-12)9-3-5-10(15)6-4-9;13-8-3-1-7(2-4-8)9-5-6-10(17-9)11(14)12(15)16;11-9-5-3-8(4-6-9)10-2-1-7-12-10;8-6-3-1-5(2-4-6)7(9)10;5-4-2-1-3-6-4/h3-10,15,20,25,31H,1-2,11-14,16H2,(H,29,33);3-8H,2H2,1H3;1-6H,(H,15,16);1-7H;1-4,9-10H;1-3H/t20-,25-;;;;;/m1...../s1. The molecule has 516 valence electrons. The zero-order valence-electron chi connectivity index (χ0n) is 52.8. The van der Waals surface area contributed by atoms with E-state index in [1.54, 1.807) is 127 Å². The van der Waals surface area contributed by atoms with Crippen LogP contribution < -0.4 is 20.3 Å². The SMILES string of the molecule is Brc1cccs1.CCOC(=O)C(=O)c1ccc(-c2ccc(F)cc2)s1.Fc1ccc(-c2cccs2)cc1.O=C(N[C@H](CN1CCCC1)[C@H](O)c1ccc2c(c1)OCCO2)C(=O)c1ccc(-c2ccc(F)cc2)s1.O=C(O)C(=O)c1ccc(-c2ccc(F)cc2)s1.OB(O)c1ccc(F)cc1. The molecule has 5 N–H and O–H groups in total. The van der Waals surface area contributed by atoms with Crippen LogP contribution in [0.2, 0.25) is 0 Å². The van der Waals surface area contributed by atoms with Crippen LogP contribution in [0.15, 0.2) is 215 Å². The third-order valence-electron chi connectivity index (χ3n) is 14.3. The lowest BCUT2D eigenvalue weighted by atomic mass is 9.80. The highest BCUT2D eigenvalue weighted by Gasteiger charge is 2.31. The largest absolute Gasteiger partial charge is 0.488 e. The van der Waals surface area contributed by atoms with Crippen LogP contribution in [0.4, 0.5) is 22.0 Å². The first-order valence-corrected chi connectivity index (χ1v) is 35.4. The molecule has 1 saturated heterocycles. The highest BCUT2D eigenvalue weighted by molar-refractivity contribution is 9.11. The predicted molar refractivity (Wildman–Crippen MR) is 384 cm³/mol. The number of nitrogens with zero attached hydrogens (tertiary/aromatic N) is 1. The first-order chi connectivity index (χ1) is 48.1. The molecule has 7 heterocycles. The van der Waals surface area contributed by atoms with E-state index in [4.69, 9.17) is 24.6 Å². The van der Waals surface area contributed by atoms with Crippen molar-refractivity contribution in [3.8, 4) is 53.3 Å². The third kappa shape index (κ3) is 23.2. The van der Waals surface area contributed by atoms with Crippen molar-refractivity contribution in [2.24, 2.45) is 0 Å². The van der Waals surface area contributed by atoms with E-state index >= 15 is 0 Å².